The Morgan fingerprint density at radius 3 is 2.42 bits per heavy atom. The fourth-order valence-corrected chi connectivity index (χ4v) is 4.09. The summed E-state index contributed by atoms with van der Waals surface area (Å²) in [6, 6.07) is 1.23. The summed E-state index contributed by atoms with van der Waals surface area (Å²) in [6.45, 7) is 1.40. The van der Waals surface area contributed by atoms with Crippen LogP contribution < -0.4 is 15.2 Å². The molecule has 1 fully saturated rings. The molecule has 3 nitrogen and oxygen atoms in total. The summed E-state index contributed by atoms with van der Waals surface area (Å²) < 4.78 is 78.3. The van der Waals surface area contributed by atoms with E-state index in [1.165, 1.54) is 6.07 Å². The Balaban J connectivity index is 2.11. The van der Waals surface area contributed by atoms with Gasteiger partial charge in [0, 0.05) is 42.0 Å². The zero-order valence-electron chi connectivity index (χ0n) is 12.5. The minimum absolute atomic E-state index is 0.00768. The maximum Gasteiger partial charge on any atom is 0.398 e. The van der Waals surface area contributed by atoms with Crippen LogP contribution in [0.1, 0.15) is 4.88 Å². The van der Waals surface area contributed by atoms with Crippen LogP contribution in [0.3, 0.4) is 0 Å². The van der Waals surface area contributed by atoms with Crippen molar-refractivity contribution in [2.45, 2.75) is 18.8 Å². The molecule has 2 aliphatic heterocycles. The molecule has 1 aromatic heterocycles. The molecule has 0 amide bonds. The molecule has 134 valence electrons. The van der Waals surface area contributed by atoms with Crippen LogP contribution in [0.15, 0.2) is 11.1 Å². The van der Waals surface area contributed by atoms with Crippen molar-refractivity contribution in [3.63, 3.8) is 0 Å². The van der Waals surface area contributed by atoms with Crippen molar-refractivity contribution in [1.82, 2.24) is 10.2 Å². The zero-order valence-corrected chi connectivity index (χ0v) is 13.3. The van der Waals surface area contributed by atoms with Gasteiger partial charge in [-0.1, -0.05) is 0 Å². The SMILES string of the molecule is FC(F)(F)Cc1cc2c(s1)=NCC(C(F)(F)F)C=2N1CCNCC1. The number of piperazine rings is 1. The number of fused-ring (bicyclic) bond motifs is 1. The summed E-state index contributed by atoms with van der Waals surface area (Å²) in [5.74, 6) is -1.77. The third-order valence-electron chi connectivity index (χ3n) is 4.01. The Bertz CT molecular complexity index is 714. The lowest BCUT2D eigenvalue weighted by Gasteiger charge is -2.36. The fourth-order valence-electron chi connectivity index (χ4n) is 3.02. The van der Waals surface area contributed by atoms with E-state index in [4.69, 9.17) is 0 Å². The van der Waals surface area contributed by atoms with E-state index in [9.17, 15) is 26.3 Å². The summed E-state index contributed by atoms with van der Waals surface area (Å²) >= 11 is 0.825. The maximum atomic E-state index is 13.4. The van der Waals surface area contributed by atoms with Crippen molar-refractivity contribution >= 4 is 17.0 Å². The summed E-state index contributed by atoms with van der Waals surface area (Å²) in [5.41, 5.74) is 0.0682. The van der Waals surface area contributed by atoms with E-state index in [2.05, 4.69) is 10.3 Å². The van der Waals surface area contributed by atoms with Crippen molar-refractivity contribution in [2.75, 3.05) is 32.7 Å². The molecule has 2 aliphatic rings. The van der Waals surface area contributed by atoms with Gasteiger partial charge in [0.2, 0.25) is 0 Å². The van der Waals surface area contributed by atoms with E-state index in [1.807, 2.05) is 0 Å². The molecule has 3 rings (SSSR count). The molecule has 0 saturated carbocycles. The largest absolute Gasteiger partial charge is 0.398 e. The van der Waals surface area contributed by atoms with Crippen molar-refractivity contribution in [1.29, 1.82) is 0 Å². The number of rotatable bonds is 2. The Morgan fingerprint density at radius 2 is 1.83 bits per heavy atom. The Morgan fingerprint density at radius 1 is 1.17 bits per heavy atom. The van der Waals surface area contributed by atoms with Gasteiger partial charge in [-0.05, 0) is 6.07 Å². The van der Waals surface area contributed by atoms with Crippen molar-refractivity contribution < 1.29 is 26.3 Å². The molecule has 1 N–H and O–H groups in total. The van der Waals surface area contributed by atoms with E-state index < -0.39 is 31.2 Å². The van der Waals surface area contributed by atoms with Gasteiger partial charge in [0.25, 0.3) is 0 Å². The van der Waals surface area contributed by atoms with E-state index in [0.717, 1.165) is 11.3 Å². The molecular weight excluding hydrogens is 356 g/mol. The molecule has 1 aromatic rings. The van der Waals surface area contributed by atoms with Gasteiger partial charge in [0.1, 0.15) is 10.6 Å². The Labute approximate surface area is 137 Å². The number of alkyl halides is 6. The predicted molar refractivity (Wildman–Crippen MR) is 77.1 cm³/mol. The van der Waals surface area contributed by atoms with Gasteiger partial charge in [-0.25, -0.2) is 0 Å². The van der Waals surface area contributed by atoms with E-state index >= 15 is 0 Å². The van der Waals surface area contributed by atoms with Crippen LogP contribution in [0.4, 0.5) is 26.3 Å². The van der Waals surface area contributed by atoms with Gasteiger partial charge in [0.15, 0.2) is 0 Å². The molecule has 24 heavy (non-hydrogen) atoms. The summed E-state index contributed by atoms with van der Waals surface area (Å²) in [7, 11) is 0. The van der Waals surface area contributed by atoms with E-state index in [1.54, 1.807) is 4.90 Å². The third-order valence-corrected chi connectivity index (χ3v) is 5.08. The van der Waals surface area contributed by atoms with Gasteiger partial charge >= 0.3 is 12.4 Å². The van der Waals surface area contributed by atoms with Crippen molar-refractivity contribution in [3.05, 3.63) is 20.8 Å². The van der Waals surface area contributed by atoms with Crippen LogP contribution in [-0.2, 0) is 6.42 Å². The van der Waals surface area contributed by atoms with E-state index in [-0.39, 0.29) is 20.5 Å². The molecule has 1 saturated heterocycles. The number of halogens is 6. The molecule has 3 heterocycles. The van der Waals surface area contributed by atoms with Gasteiger partial charge < -0.3 is 10.2 Å². The van der Waals surface area contributed by atoms with Crippen molar-refractivity contribution in [2.24, 2.45) is 10.9 Å². The summed E-state index contributed by atoms with van der Waals surface area (Å²) in [5, 5.41) is 3.27. The average molecular weight is 371 g/mol. The molecule has 0 bridgehead atoms. The lowest BCUT2D eigenvalue weighted by molar-refractivity contribution is -0.159. The van der Waals surface area contributed by atoms with Gasteiger partial charge in [-0.3, -0.25) is 4.99 Å². The molecule has 10 heteroatoms. The second-order valence-electron chi connectivity index (χ2n) is 5.78. The monoisotopic (exact) mass is 371 g/mol. The highest BCUT2D eigenvalue weighted by Crippen LogP contribution is 2.35. The second-order valence-corrected chi connectivity index (χ2v) is 6.90. The first-order valence-corrected chi connectivity index (χ1v) is 8.23. The third kappa shape index (κ3) is 3.69. The molecule has 1 atom stereocenters. The fraction of sp³-hybridized carbons (Fsp3) is 0.643. The Hall–Kier alpha value is -1.29. The van der Waals surface area contributed by atoms with Crippen LogP contribution in [0.2, 0.25) is 0 Å². The van der Waals surface area contributed by atoms with Crippen LogP contribution in [0.5, 0.6) is 0 Å². The summed E-state index contributed by atoms with van der Waals surface area (Å²) in [4.78, 5) is 5.53. The predicted octanol–water partition coefficient (Wildman–Crippen LogP) is 1.68. The van der Waals surface area contributed by atoms with Crippen LogP contribution in [0.25, 0.3) is 5.70 Å². The lowest BCUT2D eigenvalue weighted by Crippen LogP contribution is -2.50. The average Bonchev–Trinajstić information content (AvgIpc) is 2.86. The summed E-state index contributed by atoms with van der Waals surface area (Å²) in [6.07, 6.45) is -10.0. The Kier molecular flexibility index (Phi) is 4.54. The highest BCUT2D eigenvalue weighted by molar-refractivity contribution is 7.09. The highest BCUT2D eigenvalue weighted by Gasteiger charge is 2.45. The quantitative estimate of drug-likeness (QED) is 0.802. The highest BCUT2D eigenvalue weighted by atomic mass is 32.1. The number of thiophene rings is 1. The van der Waals surface area contributed by atoms with E-state index in [0.29, 0.717) is 26.2 Å². The lowest BCUT2D eigenvalue weighted by atomic mass is 9.99. The van der Waals surface area contributed by atoms with Crippen LogP contribution in [0, 0.1) is 5.92 Å². The van der Waals surface area contributed by atoms with Gasteiger partial charge in [-0.2, -0.15) is 26.3 Å². The molecule has 0 aliphatic carbocycles. The van der Waals surface area contributed by atoms with Gasteiger partial charge in [-0.15, -0.1) is 11.3 Å². The van der Waals surface area contributed by atoms with Crippen molar-refractivity contribution in [3.8, 4) is 0 Å². The minimum atomic E-state index is -4.48. The normalized spacial score (nSPS) is 22.3. The zero-order chi connectivity index (χ0) is 17.5. The first kappa shape index (κ1) is 17.5. The molecule has 1 unspecified atom stereocenters. The molecule has 0 radical (unpaired) electrons. The smallest absolute Gasteiger partial charge is 0.371 e. The minimum Gasteiger partial charge on any atom is -0.371 e. The number of hydrogen-bond acceptors (Lipinski definition) is 4. The maximum absolute atomic E-state index is 13.4. The molecular formula is C14H15F6N3S. The first-order valence-electron chi connectivity index (χ1n) is 7.42. The van der Waals surface area contributed by atoms with Crippen LogP contribution >= 0.6 is 11.3 Å². The number of nitrogens with zero attached hydrogens (tertiary/aromatic N) is 2. The van der Waals surface area contributed by atoms with Crippen LogP contribution in [-0.4, -0.2) is 50.0 Å². The topological polar surface area (TPSA) is 27.6 Å². The first-order chi connectivity index (χ1) is 11.1. The molecule has 0 aromatic carbocycles. The standard InChI is InChI=1S/C14H15F6N3S/c15-13(16,17)6-8-5-9-11(23-3-1-21-2-4-23)10(14(18,19)20)7-22-12(9)24-8/h5,10,21H,1-4,6-7H2. The molecule has 0 spiro atoms. The number of nitrogens with one attached hydrogen (secondary N) is 1. The number of hydrogen-bond donors (Lipinski definition) is 1. The van der Waals surface area contributed by atoms with Gasteiger partial charge in [0.05, 0.1) is 13.0 Å². The second kappa shape index (κ2) is 6.21.